The highest BCUT2D eigenvalue weighted by Crippen LogP contribution is 2.55. The van der Waals surface area contributed by atoms with Crippen molar-refractivity contribution in [2.24, 2.45) is 7.05 Å². The summed E-state index contributed by atoms with van der Waals surface area (Å²) in [5.41, 5.74) is 4.50. The van der Waals surface area contributed by atoms with Gasteiger partial charge in [-0.1, -0.05) is 18.2 Å². The number of aromatic nitrogens is 1. The molecular formula is C37H34N2O7. The Kier molecular flexibility index (Phi) is 6.19. The van der Waals surface area contributed by atoms with E-state index in [2.05, 4.69) is 43.1 Å². The Bertz CT molecular complexity index is 2190. The minimum Gasteiger partial charge on any atom is -0.495 e. The van der Waals surface area contributed by atoms with Gasteiger partial charge in [-0.3, -0.25) is 4.79 Å². The number of anilines is 1. The first kappa shape index (κ1) is 28.2. The summed E-state index contributed by atoms with van der Waals surface area (Å²) in [5, 5.41) is 2.94. The second-order valence-corrected chi connectivity index (χ2v) is 12.2. The number of hydrogen-bond acceptors (Lipinski definition) is 8. The Labute approximate surface area is 266 Å². The second kappa shape index (κ2) is 10.1. The summed E-state index contributed by atoms with van der Waals surface area (Å²) < 4.78 is 37.5. The van der Waals surface area contributed by atoms with Gasteiger partial charge in [0.2, 0.25) is 6.79 Å². The van der Waals surface area contributed by atoms with Crippen LogP contribution in [0.4, 0.5) is 5.69 Å². The molecule has 4 heterocycles. The van der Waals surface area contributed by atoms with Crippen molar-refractivity contribution in [3.63, 3.8) is 0 Å². The number of hydrogen-bond donors (Lipinski definition) is 0. The van der Waals surface area contributed by atoms with E-state index in [1.807, 2.05) is 42.5 Å². The molecule has 0 unspecified atom stereocenters. The molecular weight excluding hydrogens is 584 g/mol. The predicted octanol–water partition coefficient (Wildman–Crippen LogP) is 6.86. The molecule has 0 bridgehead atoms. The van der Waals surface area contributed by atoms with E-state index >= 15 is 0 Å². The fraction of sp³-hybridized carbons (Fsp3) is 0.270. The van der Waals surface area contributed by atoms with Crippen molar-refractivity contribution in [2.45, 2.75) is 25.0 Å². The lowest BCUT2D eigenvalue weighted by Gasteiger charge is -2.43. The number of benzene rings is 4. The van der Waals surface area contributed by atoms with Crippen molar-refractivity contribution < 1.29 is 28.4 Å². The largest absolute Gasteiger partial charge is 0.495 e. The number of pyridine rings is 1. The van der Waals surface area contributed by atoms with Gasteiger partial charge in [0.25, 0.3) is 5.56 Å². The molecule has 9 nitrogen and oxygen atoms in total. The summed E-state index contributed by atoms with van der Waals surface area (Å²) in [6, 6.07) is 18.0. The molecule has 0 amide bonds. The number of ether oxygens (including phenoxy) is 6. The van der Waals surface area contributed by atoms with Gasteiger partial charge in [-0.2, -0.15) is 0 Å². The van der Waals surface area contributed by atoms with Crippen LogP contribution in [0.15, 0.2) is 65.5 Å². The summed E-state index contributed by atoms with van der Waals surface area (Å²) in [4.78, 5) is 15.8. The summed E-state index contributed by atoms with van der Waals surface area (Å²) in [7, 11) is 8.81. The molecule has 1 aromatic heterocycles. The van der Waals surface area contributed by atoms with Gasteiger partial charge in [-0.15, -0.1) is 0 Å². The molecule has 0 saturated heterocycles. The third kappa shape index (κ3) is 3.90. The first-order valence-electron chi connectivity index (χ1n) is 15.2. The summed E-state index contributed by atoms with van der Waals surface area (Å²) >= 11 is 0. The zero-order chi connectivity index (χ0) is 31.9. The second-order valence-electron chi connectivity index (χ2n) is 12.2. The van der Waals surface area contributed by atoms with Crippen LogP contribution in [0.2, 0.25) is 0 Å². The lowest BCUT2D eigenvalue weighted by atomic mass is 9.80. The molecule has 0 radical (unpaired) electrons. The Hall–Kier alpha value is -5.31. The van der Waals surface area contributed by atoms with Crippen molar-refractivity contribution in [1.29, 1.82) is 0 Å². The topological polar surface area (TPSA) is 80.6 Å². The lowest BCUT2D eigenvalue weighted by Crippen LogP contribution is -2.40. The van der Waals surface area contributed by atoms with Crippen molar-refractivity contribution in [1.82, 2.24) is 4.57 Å². The van der Waals surface area contributed by atoms with Gasteiger partial charge in [0.05, 0.1) is 44.1 Å². The molecule has 0 N–H and O–H groups in total. The van der Waals surface area contributed by atoms with E-state index in [1.54, 1.807) is 32.9 Å². The molecule has 0 fully saturated rings. The van der Waals surface area contributed by atoms with Crippen LogP contribution in [-0.4, -0.2) is 45.3 Å². The zero-order valence-electron chi connectivity index (χ0n) is 26.6. The Morgan fingerprint density at radius 1 is 0.891 bits per heavy atom. The lowest BCUT2D eigenvalue weighted by molar-refractivity contribution is 0.119. The third-order valence-electron chi connectivity index (χ3n) is 9.63. The molecule has 46 heavy (non-hydrogen) atoms. The highest BCUT2D eigenvalue weighted by Gasteiger charge is 2.41. The van der Waals surface area contributed by atoms with E-state index in [0.29, 0.717) is 40.5 Å². The number of methoxy groups -OCH3 is 3. The first-order valence-corrected chi connectivity index (χ1v) is 15.2. The maximum Gasteiger partial charge on any atom is 0.261 e. The van der Waals surface area contributed by atoms with E-state index in [1.165, 1.54) is 0 Å². The third-order valence-corrected chi connectivity index (χ3v) is 9.63. The van der Waals surface area contributed by atoms with Gasteiger partial charge in [0.1, 0.15) is 17.1 Å². The van der Waals surface area contributed by atoms with Gasteiger partial charge >= 0.3 is 0 Å². The first-order chi connectivity index (χ1) is 22.3. The molecule has 0 saturated carbocycles. The van der Waals surface area contributed by atoms with Crippen molar-refractivity contribution in [2.75, 3.05) is 40.1 Å². The van der Waals surface area contributed by atoms with Crippen LogP contribution in [0.1, 0.15) is 30.5 Å². The summed E-state index contributed by atoms with van der Waals surface area (Å²) in [5.74, 6) is 3.98. The monoisotopic (exact) mass is 618 g/mol. The van der Waals surface area contributed by atoms with Gasteiger partial charge in [0, 0.05) is 42.4 Å². The standard InChI is InChI=1S/C37H34N2O7/c1-37(15-14-24-34(46-37)23-8-7-9-27(41-4)33(23)39(3)36(24)40)18-26-31-21(12-13-28(42-5)35(31)43-6)22-11-10-20-16-29-30(45-19-44-29)17-25(20)32(22)38(26)2/h7-17,26H,18-19H2,1-6H3/t26-,37+/m0/s1. The minimum absolute atomic E-state index is 0.143. The number of para-hydroxylation sites is 1. The predicted molar refractivity (Wildman–Crippen MR) is 178 cm³/mol. The number of rotatable bonds is 5. The van der Waals surface area contributed by atoms with Gasteiger partial charge < -0.3 is 37.9 Å². The van der Waals surface area contributed by atoms with Gasteiger partial charge in [-0.25, -0.2) is 0 Å². The van der Waals surface area contributed by atoms with Gasteiger partial charge in [0.15, 0.2) is 23.0 Å². The van der Waals surface area contributed by atoms with Crippen molar-refractivity contribution in [3.8, 4) is 45.6 Å². The highest BCUT2D eigenvalue weighted by atomic mass is 16.7. The van der Waals surface area contributed by atoms with E-state index in [-0.39, 0.29) is 18.4 Å². The molecule has 234 valence electrons. The zero-order valence-corrected chi connectivity index (χ0v) is 26.6. The van der Waals surface area contributed by atoms with E-state index < -0.39 is 5.60 Å². The van der Waals surface area contributed by atoms with Crippen molar-refractivity contribution >= 4 is 33.4 Å². The quantitative estimate of drug-likeness (QED) is 0.211. The number of fused-ring (bicyclic) bond motifs is 9. The van der Waals surface area contributed by atoms with Crippen LogP contribution >= 0.6 is 0 Å². The van der Waals surface area contributed by atoms with Crippen LogP contribution in [0.3, 0.4) is 0 Å². The normalized spacial score (nSPS) is 19.0. The molecule has 9 heteroatoms. The van der Waals surface area contributed by atoms with Gasteiger partial charge in [-0.05, 0) is 66.4 Å². The highest BCUT2D eigenvalue weighted by molar-refractivity contribution is 6.06. The molecule has 0 spiro atoms. The number of nitrogens with zero attached hydrogens (tertiary/aromatic N) is 2. The molecule has 5 aromatic rings. The Balaban J connectivity index is 1.31. The maximum atomic E-state index is 13.5. The molecule has 8 rings (SSSR count). The summed E-state index contributed by atoms with van der Waals surface area (Å²) in [6.45, 7) is 2.27. The molecule has 3 aliphatic rings. The molecule has 0 aliphatic carbocycles. The van der Waals surface area contributed by atoms with E-state index in [4.69, 9.17) is 28.4 Å². The van der Waals surface area contributed by atoms with E-state index in [9.17, 15) is 4.79 Å². The minimum atomic E-state index is -0.792. The van der Waals surface area contributed by atoms with Crippen LogP contribution < -0.4 is 38.9 Å². The van der Waals surface area contributed by atoms with E-state index in [0.717, 1.165) is 50.0 Å². The average Bonchev–Trinajstić information content (AvgIpc) is 3.54. The number of aryl methyl sites for hydroxylation is 1. The van der Waals surface area contributed by atoms with Crippen LogP contribution in [0.5, 0.6) is 34.5 Å². The molecule has 4 aromatic carbocycles. The maximum absolute atomic E-state index is 13.5. The Morgan fingerprint density at radius 3 is 2.41 bits per heavy atom. The molecule has 3 aliphatic heterocycles. The smallest absolute Gasteiger partial charge is 0.261 e. The molecule has 2 atom stereocenters. The van der Waals surface area contributed by atoms with Crippen LogP contribution in [0, 0.1) is 0 Å². The van der Waals surface area contributed by atoms with Crippen LogP contribution in [-0.2, 0) is 7.05 Å². The summed E-state index contributed by atoms with van der Waals surface area (Å²) in [6.07, 6.45) is 4.44. The van der Waals surface area contributed by atoms with Crippen molar-refractivity contribution in [3.05, 3.63) is 82.2 Å². The SMILES string of the molecule is COc1ccc2c(c1OC)[C@H](C[C@@]1(C)C=Cc3c(c4cccc(OC)c4n(C)c3=O)O1)N(C)c1c-2ccc2cc3c(cc12)OCO3. The van der Waals surface area contributed by atoms with Crippen LogP contribution in [0.25, 0.3) is 38.9 Å². The fourth-order valence-electron chi connectivity index (χ4n) is 7.42. The Morgan fingerprint density at radius 2 is 1.65 bits per heavy atom. The average molecular weight is 619 g/mol. The fourth-order valence-corrected chi connectivity index (χ4v) is 7.42.